The largest absolute Gasteiger partial charge is 0.351 e. The molecule has 1 aromatic rings. The molecule has 6 nitrogen and oxygen atoms in total. The highest BCUT2D eigenvalue weighted by Gasteiger charge is 2.35. The van der Waals surface area contributed by atoms with Crippen LogP contribution in [0.4, 0.5) is 5.82 Å². The summed E-state index contributed by atoms with van der Waals surface area (Å²) in [6.07, 6.45) is 7.55. The number of anilines is 1. The molecule has 0 bridgehead atoms. The Kier molecular flexibility index (Phi) is 3.74. The Morgan fingerprint density at radius 3 is 2.95 bits per heavy atom. The minimum absolute atomic E-state index is 0.154. The van der Waals surface area contributed by atoms with Crippen molar-refractivity contribution in [1.82, 2.24) is 14.9 Å². The number of amides is 1. The number of nitrogens with zero attached hydrogens (tertiary/aromatic N) is 5. The molecule has 21 heavy (non-hydrogen) atoms. The summed E-state index contributed by atoms with van der Waals surface area (Å²) in [5.74, 6) is 0.900. The van der Waals surface area contributed by atoms with E-state index in [-0.39, 0.29) is 11.9 Å². The van der Waals surface area contributed by atoms with Crippen molar-refractivity contribution in [1.29, 1.82) is 5.26 Å². The quantitative estimate of drug-likeness (QED) is 0.834. The zero-order valence-electron chi connectivity index (χ0n) is 12.2. The van der Waals surface area contributed by atoms with Gasteiger partial charge in [0.15, 0.2) is 5.69 Å². The lowest BCUT2D eigenvalue weighted by Gasteiger charge is -2.31. The fourth-order valence-corrected chi connectivity index (χ4v) is 3.02. The van der Waals surface area contributed by atoms with Gasteiger partial charge in [0, 0.05) is 32.1 Å². The molecule has 3 rings (SSSR count). The van der Waals surface area contributed by atoms with Crippen LogP contribution in [-0.4, -0.2) is 45.9 Å². The summed E-state index contributed by atoms with van der Waals surface area (Å²) in [6, 6.07) is 2.74. The first-order valence-electron chi connectivity index (χ1n) is 7.45. The Morgan fingerprint density at radius 2 is 2.29 bits per heavy atom. The average molecular weight is 285 g/mol. The predicted molar refractivity (Wildman–Crippen MR) is 77.5 cm³/mol. The number of hydrogen-bond acceptors (Lipinski definition) is 5. The maximum atomic E-state index is 11.8. The molecule has 2 fully saturated rings. The molecule has 110 valence electrons. The van der Waals surface area contributed by atoms with E-state index < -0.39 is 0 Å². The fraction of sp³-hybridized carbons (Fsp3) is 0.600. The van der Waals surface area contributed by atoms with Gasteiger partial charge >= 0.3 is 0 Å². The van der Waals surface area contributed by atoms with Crippen molar-refractivity contribution in [3.8, 4) is 6.07 Å². The van der Waals surface area contributed by atoms with Gasteiger partial charge < -0.3 is 9.80 Å². The number of carbonyl (C=O) groups is 1. The molecular weight excluding hydrogens is 266 g/mol. The third-order valence-corrected chi connectivity index (χ3v) is 4.21. The van der Waals surface area contributed by atoms with Crippen molar-refractivity contribution in [3.05, 3.63) is 18.1 Å². The van der Waals surface area contributed by atoms with Crippen molar-refractivity contribution in [2.24, 2.45) is 0 Å². The van der Waals surface area contributed by atoms with Crippen LogP contribution in [0.5, 0.6) is 0 Å². The highest BCUT2D eigenvalue weighted by molar-refractivity contribution is 5.74. The Bertz CT molecular complexity index is 578. The van der Waals surface area contributed by atoms with E-state index in [0.29, 0.717) is 11.7 Å². The number of rotatable bonds is 4. The molecule has 0 N–H and O–H groups in total. The molecule has 6 heteroatoms. The summed E-state index contributed by atoms with van der Waals surface area (Å²) in [5.41, 5.74) is 0.337. The highest BCUT2D eigenvalue weighted by Crippen LogP contribution is 2.30. The van der Waals surface area contributed by atoms with Gasteiger partial charge in [0.1, 0.15) is 11.9 Å². The standard InChI is InChI=1S/C15H19N5O/c1-11(21)20(13-4-5-13)10-14-3-2-6-19(14)15-9-17-8-12(7-16)18-15/h8-9,13-14H,2-6,10H2,1H3/t14-/m1/s1. The van der Waals surface area contributed by atoms with Crippen molar-refractivity contribution in [2.45, 2.75) is 44.7 Å². The normalized spacial score (nSPS) is 21.1. The first-order valence-corrected chi connectivity index (χ1v) is 7.45. The van der Waals surface area contributed by atoms with Gasteiger partial charge in [0.2, 0.25) is 5.91 Å². The van der Waals surface area contributed by atoms with Crippen molar-refractivity contribution in [3.63, 3.8) is 0 Å². The summed E-state index contributed by atoms with van der Waals surface area (Å²) < 4.78 is 0. The molecule has 1 saturated carbocycles. The molecule has 1 atom stereocenters. The zero-order chi connectivity index (χ0) is 14.8. The second-order valence-electron chi connectivity index (χ2n) is 5.77. The van der Waals surface area contributed by atoms with E-state index in [0.717, 1.165) is 44.6 Å². The topological polar surface area (TPSA) is 73.1 Å². The minimum Gasteiger partial charge on any atom is -0.351 e. The molecule has 1 saturated heterocycles. The van der Waals surface area contributed by atoms with Gasteiger partial charge in [-0.1, -0.05) is 0 Å². The van der Waals surface area contributed by atoms with Crippen LogP contribution in [0.3, 0.4) is 0 Å². The lowest BCUT2D eigenvalue weighted by atomic mass is 10.2. The smallest absolute Gasteiger partial charge is 0.219 e. The number of nitriles is 1. The van der Waals surface area contributed by atoms with Gasteiger partial charge in [-0.2, -0.15) is 5.26 Å². The van der Waals surface area contributed by atoms with E-state index in [4.69, 9.17) is 5.26 Å². The Hall–Kier alpha value is -2.16. The second-order valence-corrected chi connectivity index (χ2v) is 5.77. The summed E-state index contributed by atoms with van der Waals surface area (Å²) in [7, 11) is 0. The molecule has 0 radical (unpaired) electrons. The zero-order valence-corrected chi connectivity index (χ0v) is 12.2. The molecule has 1 aliphatic carbocycles. The van der Waals surface area contributed by atoms with Gasteiger partial charge in [-0.05, 0) is 25.7 Å². The van der Waals surface area contributed by atoms with E-state index in [9.17, 15) is 4.79 Å². The summed E-state index contributed by atoms with van der Waals surface area (Å²) in [5, 5.41) is 8.95. The van der Waals surface area contributed by atoms with Gasteiger partial charge in [-0.15, -0.1) is 0 Å². The first-order chi connectivity index (χ1) is 10.2. The van der Waals surface area contributed by atoms with Crippen LogP contribution in [0.25, 0.3) is 0 Å². The molecule has 0 spiro atoms. The Labute approximate surface area is 124 Å². The maximum Gasteiger partial charge on any atom is 0.219 e. The van der Waals surface area contributed by atoms with Gasteiger partial charge in [0.05, 0.1) is 12.4 Å². The monoisotopic (exact) mass is 285 g/mol. The minimum atomic E-state index is 0.154. The second kappa shape index (κ2) is 5.68. The van der Waals surface area contributed by atoms with Crippen molar-refractivity contribution < 1.29 is 4.79 Å². The molecule has 2 heterocycles. The van der Waals surface area contributed by atoms with Crippen LogP contribution in [0.1, 0.15) is 38.3 Å². The van der Waals surface area contributed by atoms with Crippen molar-refractivity contribution in [2.75, 3.05) is 18.0 Å². The molecule has 2 aliphatic rings. The van der Waals surface area contributed by atoms with Crippen LogP contribution in [-0.2, 0) is 4.79 Å². The fourth-order valence-electron chi connectivity index (χ4n) is 3.02. The SMILES string of the molecule is CC(=O)N(C[C@H]1CCCN1c1cncc(C#N)n1)C1CC1. The number of carbonyl (C=O) groups excluding carboxylic acids is 1. The Morgan fingerprint density at radius 1 is 1.48 bits per heavy atom. The molecule has 1 aliphatic heterocycles. The van der Waals surface area contributed by atoms with Crippen LogP contribution < -0.4 is 4.90 Å². The number of aromatic nitrogens is 2. The highest BCUT2D eigenvalue weighted by atomic mass is 16.2. The van der Waals surface area contributed by atoms with E-state index in [2.05, 4.69) is 14.9 Å². The van der Waals surface area contributed by atoms with E-state index in [1.54, 1.807) is 13.1 Å². The summed E-state index contributed by atoms with van der Waals surface area (Å²) in [6.45, 7) is 3.30. The average Bonchev–Trinajstić information content (AvgIpc) is 3.22. The van der Waals surface area contributed by atoms with Gasteiger partial charge in [-0.3, -0.25) is 9.78 Å². The van der Waals surface area contributed by atoms with Gasteiger partial charge in [0.25, 0.3) is 0 Å². The van der Waals surface area contributed by atoms with Gasteiger partial charge in [-0.25, -0.2) is 4.98 Å². The maximum absolute atomic E-state index is 11.8. The van der Waals surface area contributed by atoms with E-state index in [1.807, 2.05) is 11.0 Å². The van der Waals surface area contributed by atoms with Crippen molar-refractivity contribution >= 4 is 11.7 Å². The predicted octanol–water partition coefficient (Wildman–Crippen LogP) is 1.33. The molecule has 0 aromatic carbocycles. The Balaban J connectivity index is 1.75. The van der Waals surface area contributed by atoms with E-state index in [1.165, 1.54) is 6.20 Å². The third-order valence-electron chi connectivity index (χ3n) is 4.21. The lowest BCUT2D eigenvalue weighted by molar-refractivity contribution is -0.129. The van der Waals surface area contributed by atoms with E-state index >= 15 is 0 Å². The molecule has 1 aromatic heterocycles. The lowest BCUT2D eigenvalue weighted by Crippen LogP contribution is -2.43. The summed E-state index contributed by atoms with van der Waals surface area (Å²) in [4.78, 5) is 24.4. The first kappa shape index (κ1) is 13.8. The van der Waals surface area contributed by atoms with Crippen LogP contribution in [0, 0.1) is 11.3 Å². The molecule has 0 unspecified atom stereocenters. The molecule has 1 amide bonds. The third kappa shape index (κ3) is 2.97. The van der Waals surface area contributed by atoms with Crippen LogP contribution in [0.2, 0.25) is 0 Å². The number of hydrogen-bond donors (Lipinski definition) is 0. The van der Waals surface area contributed by atoms with Crippen LogP contribution >= 0.6 is 0 Å². The van der Waals surface area contributed by atoms with Crippen LogP contribution in [0.15, 0.2) is 12.4 Å². The molecular formula is C15H19N5O. The summed E-state index contributed by atoms with van der Waals surface area (Å²) >= 11 is 0.